The molecule has 0 saturated carbocycles. The Kier molecular flexibility index (Phi) is 1.24. The van der Waals surface area contributed by atoms with E-state index in [0.29, 0.717) is 12.4 Å². The topological polar surface area (TPSA) is 64.1 Å². The number of aromatic nitrogens is 2. The minimum atomic E-state index is -0.698. The fraction of sp³-hybridized carbons (Fsp3) is 0.222. The van der Waals surface area contributed by atoms with E-state index in [-0.39, 0.29) is 5.91 Å². The molecule has 5 heteroatoms. The number of carbonyl (C=O) groups is 1. The van der Waals surface area contributed by atoms with E-state index in [1.807, 2.05) is 0 Å². The summed E-state index contributed by atoms with van der Waals surface area (Å²) in [7, 11) is 0. The second-order valence-electron chi connectivity index (χ2n) is 3.32. The highest BCUT2D eigenvalue weighted by Crippen LogP contribution is 2.39. The van der Waals surface area contributed by atoms with Crippen molar-refractivity contribution in [1.82, 2.24) is 9.97 Å². The second kappa shape index (κ2) is 2.31. The molecule has 14 heavy (non-hydrogen) atoms. The predicted octanol–water partition coefficient (Wildman–Crippen LogP) is 0.210. The summed E-state index contributed by atoms with van der Waals surface area (Å²) in [6.45, 7) is 0.333. The van der Waals surface area contributed by atoms with Crippen LogP contribution in [0.3, 0.4) is 0 Å². The molecular weight excluding hydrogens is 182 g/mol. The summed E-state index contributed by atoms with van der Waals surface area (Å²) in [4.78, 5) is 19.7. The molecule has 70 valence electrons. The van der Waals surface area contributed by atoms with Crippen LogP contribution < -0.4 is 5.32 Å². The third-order valence-corrected chi connectivity index (χ3v) is 2.59. The zero-order valence-electron chi connectivity index (χ0n) is 7.23. The Balaban J connectivity index is 2.24. The van der Waals surface area contributed by atoms with E-state index in [1.165, 1.54) is 6.33 Å². The molecule has 1 atom stereocenters. The van der Waals surface area contributed by atoms with Crippen molar-refractivity contribution in [3.63, 3.8) is 0 Å². The van der Waals surface area contributed by atoms with Crippen LogP contribution >= 0.6 is 0 Å². The van der Waals surface area contributed by atoms with Gasteiger partial charge in [-0.1, -0.05) is 0 Å². The van der Waals surface area contributed by atoms with Crippen molar-refractivity contribution in [3.05, 3.63) is 30.4 Å². The largest absolute Gasteiger partial charge is 0.500 e. The van der Waals surface area contributed by atoms with Gasteiger partial charge in [0.15, 0.2) is 0 Å². The maximum absolute atomic E-state index is 11.7. The Hall–Kier alpha value is -1.91. The fourth-order valence-corrected chi connectivity index (χ4v) is 1.80. The van der Waals surface area contributed by atoms with Gasteiger partial charge in [0.05, 0.1) is 6.26 Å². The van der Waals surface area contributed by atoms with Crippen LogP contribution in [0.4, 0.5) is 5.82 Å². The highest BCUT2D eigenvalue weighted by molar-refractivity contribution is 6.07. The van der Waals surface area contributed by atoms with Crippen molar-refractivity contribution in [2.45, 2.75) is 5.41 Å². The first-order valence-corrected chi connectivity index (χ1v) is 4.24. The van der Waals surface area contributed by atoms with Crippen LogP contribution in [0.1, 0.15) is 5.56 Å². The van der Waals surface area contributed by atoms with Crippen LogP contribution in [0.25, 0.3) is 0 Å². The van der Waals surface area contributed by atoms with Gasteiger partial charge in [-0.05, 0) is 6.08 Å². The maximum atomic E-state index is 11.7. The molecule has 1 aromatic rings. The third-order valence-electron chi connectivity index (χ3n) is 2.59. The number of hydrogen-bond acceptors (Lipinski definition) is 4. The summed E-state index contributed by atoms with van der Waals surface area (Å²) in [5, 5.41) is 2.71. The van der Waals surface area contributed by atoms with Crippen LogP contribution in [-0.4, -0.2) is 22.5 Å². The number of fused-ring (bicyclic) bond motifs is 2. The molecule has 1 N–H and O–H groups in total. The summed E-state index contributed by atoms with van der Waals surface area (Å²) >= 11 is 0. The zero-order valence-corrected chi connectivity index (χ0v) is 7.23. The minimum absolute atomic E-state index is 0.0956. The molecule has 1 aromatic heterocycles. The molecule has 3 heterocycles. The number of nitrogens with zero attached hydrogens (tertiary/aromatic N) is 2. The van der Waals surface area contributed by atoms with Crippen molar-refractivity contribution in [1.29, 1.82) is 0 Å². The van der Waals surface area contributed by atoms with Crippen molar-refractivity contribution >= 4 is 11.7 Å². The maximum Gasteiger partial charge on any atom is 0.243 e. The van der Waals surface area contributed by atoms with E-state index >= 15 is 0 Å². The van der Waals surface area contributed by atoms with Gasteiger partial charge in [0.2, 0.25) is 5.91 Å². The number of hydrogen-bond donors (Lipinski definition) is 1. The van der Waals surface area contributed by atoms with Crippen molar-refractivity contribution in [3.8, 4) is 0 Å². The molecule has 3 rings (SSSR count). The minimum Gasteiger partial charge on any atom is -0.500 e. The van der Waals surface area contributed by atoms with Gasteiger partial charge >= 0.3 is 0 Å². The van der Waals surface area contributed by atoms with Crippen LogP contribution in [-0.2, 0) is 14.9 Å². The first-order chi connectivity index (χ1) is 6.83. The molecular formula is C9H7N3O2. The first-order valence-electron chi connectivity index (χ1n) is 4.24. The smallest absolute Gasteiger partial charge is 0.243 e. The Morgan fingerprint density at radius 3 is 3.29 bits per heavy atom. The summed E-state index contributed by atoms with van der Waals surface area (Å²) in [5.41, 5.74) is 0.0927. The van der Waals surface area contributed by atoms with Gasteiger partial charge in [-0.3, -0.25) is 4.79 Å². The molecule has 1 unspecified atom stereocenters. The van der Waals surface area contributed by atoms with Crippen LogP contribution in [0.2, 0.25) is 0 Å². The Labute approximate surface area is 79.8 Å². The van der Waals surface area contributed by atoms with Crippen LogP contribution in [0.5, 0.6) is 0 Å². The van der Waals surface area contributed by atoms with Gasteiger partial charge in [-0.2, -0.15) is 0 Å². The van der Waals surface area contributed by atoms with Gasteiger partial charge in [0.1, 0.15) is 24.2 Å². The molecule has 0 fully saturated rings. The molecule has 1 spiro atoms. The van der Waals surface area contributed by atoms with Crippen molar-refractivity contribution in [2.24, 2.45) is 0 Å². The Bertz CT molecular complexity index is 443. The van der Waals surface area contributed by atoms with E-state index in [4.69, 9.17) is 4.74 Å². The Morgan fingerprint density at radius 2 is 2.50 bits per heavy atom. The van der Waals surface area contributed by atoms with Crippen LogP contribution in [0.15, 0.2) is 24.9 Å². The quantitative estimate of drug-likeness (QED) is 0.633. The molecule has 1 amide bonds. The van der Waals surface area contributed by atoms with Crippen LogP contribution in [0, 0.1) is 0 Å². The molecule has 5 nitrogen and oxygen atoms in total. The molecule has 0 aromatic carbocycles. The third kappa shape index (κ3) is 0.717. The molecule has 0 bridgehead atoms. The molecule has 0 saturated heterocycles. The Morgan fingerprint density at radius 1 is 1.57 bits per heavy atom. The van der Waals surface area contributed by atoms with Crippen molar-refractivity contribution in [2.75, 3.05) is 11.9 Å². The van der Waals surface area contributed by atoms with Gasteiger partial charge in [-0.15, -0.1) is 0 Å². The monoisotopic (exact) mass is 189 g/mol. The lowest BCUT2D eigenvalue weighted by atomic mass is 9.85. The standard InChI is InChI=1S/C9H7N3O2/c13-8-9(1-2-14-4-9)6-3-10-5-11-7(6)12-8/h1-3,5H,4H2,(H,10,11,12,13). The number of anilines is 1. The highest BCUT2D eigenvalue weighted by atomic mass is 16.5. The normalized spacial score (nSPS) is 27.6. The zero-order chi connectivity index (χ0) is 9.60. The lowest BCUT2D eigenvalue weighted by Gasteiger charge is -2.15. The van der Waals surface area contributed by atoms with Gasteiger partial charge in [0.25, 0.3) is 0 Å². The lowest BCUT2D eigenvalue weighted by molar-refractivity contribution is -0.119. The van der Waals surface area contributed by atoms with E-state index in [0.717, 1.165) is 5.56 Å². The molecule has 2 aliphatic heterocycles. The number of rotatable bonds is 0. The number of amides is 1. The SMILES string of the molecule is O=C1Nc2ncncc2C12C=COC2. The van der Waals surface area contributed by atoms with Crippen molar-refractivity contribution < 1.29 is 9.53 Å². The average Bonchev–Trinajstić information content (AvgIpc) is 2.77. The fourth-order valence-electron chi connectivity index (χ4n) is 1.80. The lowest BCUT2D eigenvalue weighted by Crippen LogP contribution is -2.34. The van der Waals surface area contributed by atoms with E-state index in [2.05, 4.69) is 15.3 Å². The summed E-state index contributed by atoms with van der Waals surface area (Å²) in [6.07, 6.45) is 6.36. The second-order valence-corrected chi connectivity index (χ2v) is 3.32. The number of carbonyl (C=O) groups excluding carboxylic acids is 1. The average molecular weight is 189 g/mol. The highest BCUT2D eigenvalue weighted by Gasteiger charge is 2.48. The van der Waals surface area contributed by atoms with Gasteiger partial charge < -0.3 is 10.1 Å². The number of ether oxygens (including phenoxy) is 1. The summed E-state index contributed by atoms with van der Waals surface area (Å²) in [5.74, 6) is 0.488. The summed E-state index contributed by atoms with van der Waals surface area (Å²) < 4.78 is 5.11. The summed E-state index contributed by atoms with van der Waals surface area (Å²) in [6, 6.07) is 0. The van der Waals surface area contributed by atoms with E-state index < -0.39 is 5.41 Å². The predicted molar refractivity (Wildman–Crippen MR) is 47.4 cm³/mol. The first kappa shape index (κ1) is 7.49. The molecule has 2 aliphatic rings. The number of nitrogens with one attached hydrogen (secondary N) is 1. The molecule has 0 radical (unpaired) electrons. The molecule has 0 aliphatic carbocycles. The van der Waals surface area contributed by atoms with E-state index in [1.54, 1.807) is 18.5 Å². The van der Waals surface area contributed by atoms with E-state index in [9.17, 15) is 4.79 Å². The van der Waals surface area contributed by atoms with Gasteiger partial charge in [0, 0.05) is 11.8 Å². The van der Waals surface area contributed by atoms with Gasteiger partial charge in [-0.25, -0.2) is 9.97 Å².